The Morgan fingerprint density at radius 1 is 1.04 bits per heavy atom. The maximum atomic E-state index is 12.4. The summed E-state index contributed by atoms with van der Waals surface area (Å²) in [6.45, 7) is 3.18. The minimum absolute atomic E-state index is 0.222. The molecule has 4 nitrogen and oxygen atoms in total. The van der Waals surface area contributed by atoms with E-state index < -0.39 is 5.97 Å². The number of ether oxygens (including phenoxy) is 2. The summed E-state index contributed by atoms with van der Waals surface area (Å²) in [5.74, 6) is 0.347. The Morgan fingerprint density at radius 2 is 1.74 bits per heavy atom. The number of rotatable bonds is 5. The highest BCUT2D eigenvalue weighted by atomic mass is 16.5. The first-order valence-electron chi connectivity index (χ1n) is 7.15. The molecule has 0 radical (unpaired) electrons. The molecule has 2 aromatic rings. The summed E-state index contributed by atoms with van der Waals surface area (Å²) < 4.78 is 10.2. The molecular weight excluding hydrogens is 292 g/mol. The normalized spacial score (nSPS) is 10.6. The number of benzene rings is 2. The fourth-order valence-corrected chi connectivity index (χ4v) is 2.06. The summed E-state index contributed by atoms with van der Waals surface area (Å²) in [6.07, 6.45) is 3.17. The van der Waals surface area contributed by atoms with Crippen molar-refractivity contribution in [2.45, 2.75) is 13.8 Å². The molecule has 0 aliphatic rings. The van der Waals surface area contributed by atoms with E-state index in [1.54, 1.807) is 31.4 Å². The van der Waals surface area contributed by atoms with Crippen LogP contribution in [-0.2, 0) is 4.79 Å². The second-order valence-corrected chi connectivity index (χ2v) is 5.06. The first-order valence-corrected chi connectivity index (χ1v) is 7.15. The standard InChI is InChI=1S/C19H18O4/c1-13-4-11-19(23-14(2)20)17(12-13)18(21)10-7-15-5-8-16(22-3)9-6-15/h4-12H,1-3H3. The molecule has 0 heterocycles. The maximum Gasteiger partial charge on any atom is 0.308 e. The van der Waals surface area contributed by atoms with Gasteiger partial charge in [-0.3, -0.25) is 9.59 Å². The third kappa shape index (κ3) is 4.54. The van der Waals surface area contributed by atoms with Gasteiger partial charge in [0.15, 0.2) is 5.78 Å². The van der Waals surface area contributed by atoms with Crippen LogP contribution in [0, 0.1) is 6.92 Å². The van der Waals surface area contributed by atoms with Crippen molar-refractivity contribution in [1.82, 2.24) is 0 Å². The summed E-state index contributed by atoms with van der Waals surface area (Å²) in [4.78, 5) is 23.5. The van der Waals surface area contributed by atoms with Gasteiger partial charge in [0, 0.05) is 6.92 Å². The lowest BCUT2D eigenvalue weighted by atomic mass is 10.1. The fourth-order valence-electron chi connectivity index (χ4n) is 2.06. The SMILES string of the molecule is COc1ccc(C=CC(=O)c2cc(C)ccc2OC(C)=O)cc1. The molecule has 0 aromatic heterocycles. The second kappa shape index (κ2) is 7.40. The zero-order valence-electron chi connectivity index (χ0n) is 13.3. The van der Waals surface area contributed by atoms with Crippen molar-refractivity contribution >= 4 is 17.8 Å². The van der Waals surface area contributed by atoms with Crippen molar-refractivity contribution in [1.29, 1.82) is 0 Å². The highest BCUT2D eigenvalue weighted by Gasteiger charge is 2.12. The van der Waals surface area contributed by atoms with E-state index in [2.05, 4.69) is 0 Å². The summed E-state index contributed by atoms with van der Waals surface area (Å²) in [6, 6.07) is 12.5. The Kier molecular flexibility index (Phi) is 5.31. The highest BCUT2D eigenvalue weighted by molar-refractivity contribution is 6.09. The predicted octanol–water partition coefficient (Wildman–Crippen LogP) is 3.83. The molecule has 0 fully saturated rings. The Balaban J connectivity index is 2.23. The van der Waals surface area contributed by atoms with Gasteiger partial charge in [0.05, 0.1) is 12.7 Å². The van der Waals surface area contributed by atoms with Crippen molar-refractivity contribution in [2.75, 3.05) is 7.11 Å². The molecule has 0 amide bonds. The second-order valence-electron chi connectivity index (χ2n) is 5.06. The zero-order chi connectivity index (χ0) is 16.8. The van der Waals surface area contributed by atoms with E-state index in [1.807, 2.05) is 31.2 Å². The van der Waals surface area contributed by atoms with E-state index in [9.17, 15) is 9.59 Å². The van der Waals surface area contributed by atoms with Gasteiger partial charge in [-0.15, -0.1) is 0 Å². The highest BCUT2D eigenvalue weighted by Crippen LogP contribution is 2.22. The van der Waals surface area contributed by atoms with Crippen molar-refractivity contribution in [3.8, 4) is 11.5 Å². The first kappa shape index (κ1) is 16.5. The van der Waals surface area contributed by atoms with Crippen molar-refractivity contribution in [2.24, 2.45) is 0 Å². The van der Waals surface area contributed by atoms with Crippen molar-refractivity contribution < 1.29 is 19.1 Å². The number of hydrogen-bond donors (Lipinski definition) is 0. The Morgan fingerprint density at radius 3 is 2.35 bits per heavy atom. The lowest BCUT2D eigenvalue weighted by Gasteiger charge is -2.07. The maximum absolute atomic E-state index is 12.4. The first-order chi connectivity index (χ1) is 11.0. The number of hydrogen-bond acceptors (Lipinski definition) is 4. The number of allylic oxidation sites excluding steroid dienone is 1. The minimum Gasteiger partial charge on any atom is -0.497 e. The predicted molar refractivity (Wildman–Crippen MR) is 88.8 cm³/mol. The van der Waals surface area contributed by atoms with Crippen LogP contribution in [-0.4, -0.2) is 18.9 Å². The molecule has 0 aliphatic carbocycles. The molecule has 118 valence electrons. The van der Waals surface area contributed by atoms with E-state index in [1.165, 1.54) is 13.0 Å². The molecule has 0 N–H and O–H groups in total. The van der Waals surface area contributed by atoms with Crippen LogP contribution in [0.1, 0.15) is 28.4 Å². The topological polar surface area (TPSA) is 52.6 Å². The molecule has 0 saturated heterocycles. The Labute approximate surface area is 135 Å². The average Bonchev–Trinajstić information content (AvgIpc) is 2.54. The van der Waals surface area contributed by atoms with Crippen LogP contribution >= 0.6 is 0 Å². The summed E-state index contributed by atoms with van der Waals surface area (Å²) >= 11 is 0. The molecule has 2 rings (SSSR count). The van der Waals surface area contributed by atoms with E-state index in [4.69, 9.17) is 9.47 Å². The van der Waals surface area contributed by atoms with Gasteiger partial charge in [-0.1, -0.05) is 29.8 Å². The lowest BCUT2D eigenvalue weighted by Crippen LogP contribution is -2.06. The molecule has 0 saturated carbocycles. The molecule has 2 aromatic carbocycles. The third-order valence-corrected chi connectivity index (χ3v) is 3.20. The van der Waals surface area contributed by atoms with Gasteiger partial charge in [0.2, 0.25) is 0 Å². The van der Waals surface area contributed by atoms with Crippen LogP contribution in [0.2, 0.25) is 0 Å². The van der Waals surface area contributed by atoms with Gasteiger partial charge in [-0.2, -0.15) is 0 Å². The largest absolute Gasteiger partial charge is 0.497 e. The zero-order valence-corrected chi connectivity index (χ0v) is 13.3. The van der Waals surface area contributed by atoms with Gasteiger partial charge in [-0.05, 0) is 42.8 Å². The van der Waals surface area contributed by atoms with Gasteiger partial charge >= 0.3 is 5.97 Å². The van der Waals surface area contributed by atoms with E-state index in [-0.39, 0.29) is 11.5 Å². The van der Waals surface area contributed by atoms with Gasteiger partial charge in [0.1, 0.15) is 11.5 Å². The van der Waals surface area contributed by atoms with Crippen LogP contribution in [0.3, 0.4) is 0 Å². The molecule has 23 heavy (non-hydrogen) atoms. The number of aryl methyl sites for hydroxylation is 1. The third-order valence-electron chi connectivity index (χ3n) is 3.20. The Bertz CT molecular complexity index is 742. The average molecular weight is 310 g/mol. The monoisotopic (exact) mass is 310 g/mol. The van der Waals surface area contributed by atoms with Gasteiger partial charge in [-0.25, -0.2) is 0 Å². The van der Waals surface area contributed by atoms with Gasteiger partial charge in [0.25, 0.3) is 0 Å². The lowest BCUT2D eigenvalue weighted by molar-refractivity contribution is -0.131. The summed E-state index contributed by atoms with van der Waals surface area (Å²) in [5, 5.41) is 0. The number of carbonyl (C=O) groups is 2. The fraction of sp³-hybridized carbons (Fsp3) is 0.158. The number of carbonyl (C=O) groups excluding carboxylic acids is 2. The van der Waals surface area contributed by atoms with E-state index in [0.717, 1.165) is 16.9 Å². The van der Waals surface area contributed by atoms with Crippen LogP contribution in [0.5, 0.6) is 11.5 Å². The van der Waals surface area contributed by atoms with Crippen LogP contribution in [0.25, 0.3) is 6.08 Å². The number of methoxy groups -OCH3 is 1. The Hall–Kier alpha value is -2.88. The summed E-state index contributed by atoms with van der Waals surface area (Å²) in [5.41, 5.74) is 2.16. The van der Waals surface area contributed by atoms with Crippen molar-refractivity contribution in [3.63, 3.8) is 0 Å². The molecule has 0 spiro atoms. The molecule has 0 atom stereocenters. The quantitative estimate of drug-likeness (QED) is 0.364. The number of esters is 1. The minimum atomic E-state index is -0.456. The molecule has 0 bridgehead atoms. The van der Waals surface area contributed by atoms with Gasteiger partial charge < -0.3 is 9.47 Å². The van der Waals surface area contributed by atoms with Crippen LogP contribution in [0.15, 0.2) is 48.5 Å². The van der Waals surface area contributed by atoms with E-state index in [0.29, 0.717) is 5.56 Å². The number of ketones is 1. The molecule has 0 aliphatic heterocycles. The smallest absolute Gasteiger partial charge is 0.308 e. The van der Waals surface area contributed by atoms with Crippen LogP contribution in [0.4, 0.5) is 0 Å². The summed E-state index contributed by atoms with van der Waals surface area (Å²) in [7, 11) is 1.60. The molecular formula is C19H18O4. The van der Waals surface area contributed by atoms with E-state index >= 15 is 0 Å². The van der Waals surface area contributed by atoms with Crippen LogP contribution < -0.4 is 9.47 Å². The van der Waals surface area contributed by atoms with Crippen molar-refractivity contribution in [3.05, 3.63) is 65.2 Å². The molecule has 4 heteroatoms. The molecule has 0 unspecified atom stereocenters.